The highest BCUT2D eigenvalue weighted by atomic mass is 79.9. The highest BCUT2D eigenvalue weighted by molar-refractivity contribution is 9.11. The average molecular weight is 443 g/mol. The van der Waals surface area contributed by atoms with Crippen molar-refractivity contribution in [1.29, 1.82) is 0 Å². The maximum Gasteiger partial charge on any atom is 0.262 e. The van der Waals surface area contributed by atoms with Crippen LogP contribution < -0.4 is 5.32 Å². The molecule has 0 aromatic carbocycles. The van der Waals surface area contributed by atoms with Crippen LogP contribution in [0.25, 0.3) is 0 Å². The maximum atomic E-state index is 10.4. The highest BCUT2D eigenvalue weighted by Gasteiger charge is 2.59. The number of nitrogens with one attached hydrogen (secondary N) is 1. The number of halogens is 1. The summed E-state index contributed by atoms with van der Waals surface area (Å²) in [6.07, 6.45) is 4.83. The Bertz CT molecular complexity index is 735. The number of hydrogen-bond acceptors (Lipinski definition) is 6. The Morgan fingerprint density at radius 3 is 3.00 bits per heavy atom. The third-order valence-electron chi connectivity index (χ3n) is 5.80. The lowest BCUT2D eigenvalue weighted by molar-refractivity contribution is 0.0370. The monoisotopic (exact) mass is 442 g/mol. The van der Waals surface area contributed by atoms with Crippen molar-refractivity contribution in [3.8, 4) is 0 Å². The topological polar surface area (TPSA) is 72.3 Å². The summed E-state index contributed by atoms with van der Waals surface area (Å²) < 4.78 is 18.7. The molecule has 0 amide bonds. The fourth-order valence-corrected chi connectivity index (χ4v) is 5.77. The van der Waals surface area contributed by atoms with Gasteiger partial charge in [-0.3, -0.25) is 0 Å². The van der Waals surface area contributed by atoms with Gasteiger partial charge >= 0.3 is 0 Å². The molecular formula is C18H23BrN2O4S. The number of ether oxygens (including phenoxy) is 3. The quantitative estimate of drug-likeness (QED) is 0.608. The van der Waals surface area contributed by atoms with Crippen LogP contribution in [0, 0.1) is 5.41 Å². The van der Waals surface area contributed by atoms with Crippen LogP contribution in [0.4, 0.5) is 0 Å². The van der Waals surface area contributed by atoms with Crippen LogP contribution in [0.15, 0.2) is 26.6 Å². The minimum Gasteiger partial charge on any atom is -0.493 e. The van der Waals surface area contributed by atoms with Crippen molar-refractivity contribution >= 4 is 39.2 Å². The Hall–Kier alpha value is -1.12. The van der Waals surface area contributed by atoms with Gasteiger partial charge in [0.25, 0.3) is 11.1 Å². The second-order valence-electron chi connectivity index (χ2n) is 7.19. The SMILES string of the molecule is CNC(=S)OC1=C(Br)C23CCCC[C@H]2OC2=C3[C@@H](C[C@@H](O)C2)N=C1OC. The third-order valence-corrected chi connectivity index (χ3v) is 7.16. The molecule has 2 N–H and O–H groups in total. The van der Waals surface area contributed by atoms with E-state index >= 15 is 0 Å². The molecule has 8 heteroatoms. The van der Waals surface area contributed by atoms with Gasteiger partial charge in [-0.2, -0.15) is 0 Å². The second kappa shape index (κ2) is 6.80. The predicted molar refractivity (Wildman–Crippen MR) is 105 cm³/mol. The van der Waals surface area contributed by atoms with Crippen LogP contribution in [0.3, 0.4) is 0 Å². The van der Waals surface area contributed by atoms with Crippen molar-refractivity contribution in [3.63, 3.8) is 0 Å². The zero-order valence-electron chi connectivity index (χ0n) is 14.9. The molecule has 2 aliphatic carbocycles. The Morgan fingerprint density at radius 2 is 2.27 bits per heavy atom. The minimum atomic E-state index is -0.461. The van der Waals surface area contributed by atoms with E-state index in [1.54, 1.807) is 14.2 Å². The Balaban J connectivity index is 1.92. The van der Waals surface area contributed by atoms with E-state index in [0.717, 1.165) is 35.9 Å². The van der Waals surface area contributed by atoms with E-state index < -0.39 is 6.10 Å². The van der Waals surface area contributed by atoms with Crippen molar-refractivity contribution in [1.82, 2.24) is 5.32 Å². The number of aliphatic hydroxyl groups excluding tert-OH is 1. The van der Waals surface area contributed by atoms with Crippen LogP contribution in [0.1, 0.15) is 38.5 Å². The van der Waals surface area contributed by atoms with Crippen molar-refractivity contribution in [3.05, 3.63) is 21.6 Å². The van der Waals surface area contributed by atoms with Crippen LogP contribution in [0.2, 0.25) is 0 Å². The lowest BCUT2D eigenvalue weighted by atomic mass is 9.64. The summed E-state index contributed by atoms with van der Waals surface area (Å²) in [6.45, 7) is 0. The number of hydrogen-bond donors (Lipinski definition) is 2. The zero-order chi connectivity index (χ0) is 18.5. The van der Waals surface area contributed by atoms with Gasteiger partial charge in [0.15, 0.2) is 0 Å². The number of methoxy groups -OCH3 is 1. The first-order chi connectivity index (χ1) is 12.5. The predicted octanol–water partition coefficient (Wildman–Crippen LogP) is 2.91. The molecule has 1 fully saturated rings. The first-order valence-electron chi connectivity index (χ1n) is 9.01. The van der Waals surface area contributed by atoms with E-state index in [-0.39, 0.29) is 22.7 Å². The minimum absolute atomic E-state index is 0.0246. The van der Waals surface area contributed by atoms with Gasteiger partial charge in [-0.15, -0.1) is 0 Å². The Kier molecular flexibility index (Phi) is 4.77. The molecule has 0 aromatic rings. The first kappa shape index (κ1) is 18.3. The van der Waals surface area contributed by atoms with Crippen LogP contribution in [-0.2, 0) is 14.2 Å². The molecular weight excluding hydrogens is 420 g/mol. The van der Waals surface area contributed by atoms with Gasteiger partial charge in [0.2, 0.25) is 5.76 Å². The number of rotatable bonds is 1. The van der Waals surface area contributed by atoms with E-state index in [9.17, 15) is 5.11 Å². The van der Waals surface area contributed by atoms with E-state index in [2.05, 4.69) is 21.2 Å². The fraction of sp³-hybridized carbons (Fsp3) is 0.667. The third kappa shape index (κ3) is 2.60. The van der Waals surface area contributed by atoms with Gasteiger partial charge in [-0.05, 0) is 31.5 Å². The lowest BCUT2D eigenvalue weighted by Gasteiger charge is -2.41. The summed E-state index contributed by atoms with van der Waals surface area (Å²) in [5.41, 5.74) is 0.865. The summed E-state index contributed by atoms with van der Waals surface area (Å²) in [7, 11) is 3.29. The number of aliphatic hydroxyl groups is 1. The van der Waals surface area contributed by atoms with Gasteiger partial charge in [0.1, 0.15) is 11.9 Å². The van der Waals surface area contributed by atoms with Gasteiger partial charge in [-0.1, -0.05) is 22.4 Å². The molecule has 1 spiro atoms. The number of thiocarbonyl (C=S) groups is 1. The summed E-state index contributed by atoms with van der Waals surface area (Å²) in [4.78, 5) is 4.81. The highest BCUT2D eigenvalue weighted by Crippen LogP contribution is 2.62. The number of nitrogens with zero attached hydrogens (tertiary/aromatic N) is 1. The molecule has 4 rings (SSSR count). The van der Waals surface area contributed by atoms with E-state index in [1.165, 1.54) is 5.57 Å². The fourth-order valence-electron chi connectivity index (χ4n) is 4.77. The molecule has 0 radical (unpaired) electrons. The summed E-state index contributed by atoms with van der Waals surface area (Å²) in [6, 6.07) is -0.177. The lowest BCUT2D eigenvalue weighted by Crippen LogP contribution is -2.41. The standard InChI is InChI=1S/C18H23BrN2O4S/c1-20-17(26)25-14-15(19)18-6-4-3-5-12(18)24-11-8-9(22)7-10(13(11)18)21-16(14)23-2/h9-10,12,22H,3-8H2,1-2H3,(H,20,26)/t9-,10-,12-,18?/m1/s1. The molecule has 142 valence electrons. The van der Waals surface area contributed by atoms with E-state index in [1.807, 2.05) is 0 Å². The van der Waals surface area contributed by atoms with Gasteiger partial charge in [-0.25, -0.2) is 4.99 Å². The van der Waals surface area contributed by atoms with Crippen molar-refractivity contribution in [2.45, 2.75) is 56.8 Å². The molecule has 1 saturated carbocycles. The summed E-state index contributed by atoms with van der Waals surface area (Å²) in [5, 5.41) is 13.4. The zero-order valence-corrected chi connectivity index (χ0v) is 17.3. The molecule has 1 unspecified atom stereocenters. The normalized spacial score (nSPS) is 35.7. The largest absolute Gasteiger partial charge is 0.493 e. The summed E-state index contributed by atoms with van der Waals surface area (Å²) in [5.74, 6) is 1.79. The molecule has 0 saturated heterocycles. The molecule has 4 aliphatic rings. The Labute approximate surface area is 166 Å². The Morgan fingerprint density at radius 1 is 1.46 bits per heavy atom. The molecule has 6 nitrogen and oxygen atoms in total. The van der Waals surface area contributed by atoms with Gasteiger partial charge in [0, 0.05) is 25.5 Å². The summed E-state index contributed by atoms with van der Waals surface area (Å²) >= 11 is 9.06. The molecule has 26 heavy (non-hydrogen) atoms. The van der Waals surface area contributed by atoms with E-state index in [0.29, 0.717) is 24.5 Å². The maximum absolute atomic E-state index is 10.4. The van der Waals surface area contributed by atoms with Crippen LogP contribution in [-0.4, -0.2) is 48.6 Å². The first-order valence-corrected chi connectivity index (χ1v) is 10.2. The van der Waals surface area contributed by atoms with Crippen LogP contribution in [0.5, 0.6) is 0 Å². The van der Waals surface area contributed by atoms with E-state index in [4.69, 9.17) is 31.4 Å². The van der Waals surface area contributed by atoms with Crippen molar-refractivity contribution < 1.29 is 19.3 Å². The van der Waals surface area contributed by atoms with Gasteiger partial charge in [0.05, 0.1) is 29.2 Å². The average Bonchev–Trinajstić information content (AvgIpc) is 2.93. The second-order valence-corrected chi connectivity index (χ2v) is 8.35. The smallest absolute Gasteiger partial charge is 0.262 e. The molecule has 4 atom stereocenters. The molecule has 2 heterocycles. The molecule has 0 aromatic heterocycles. The van der Waals surface area contributed by atoms with Crippen molar-refractivity contribution in [2.75, 3.05) is 14.2 Å². The van der Waals surface area contributed by atoms with Crippen LogP contribution >= 0.6 is 28.1 Å². The van der Waals surface area contributed by atoms with Crippen molar-refractivity contribution in [2.24, 2.45) is 10.4 Å². The molecule has 2 aliphatic heterocycles. The molecule has 0 bridgehead atoms. The van der Waals surface area contributed by atoms with Gasteiger partial charge < -0.3 is 24.6 Å². The number of aliphatic imine (C=N–C) groups is 1.